The van der Waals surface area contributed by atoms with Crippen molar-refractivity contribution in [3.63, 3.8) is 0 Å². The van der Waals surface area contributed by atoms with Crippen molar-refractivity contribution in [2.45, 2.75) is 24.3 Å². The number of terminal acetylenes is 1. The molecule has 0 radical (unpaired) electrons. The summed E-state index contributed by atoms with van der Waals surface area (Å²) in [6, 6.07) is 13.7. The van der Waals surface area contributed by atoms with Crippen LogP contribution >= 0.6 is 0 Å². The molecule has 0 aliphatic rings. The summed E-state index contributed by atoms with van der Waals surface area (Å²) in [6.45, 7) is 2.48. The molecule has 0 unspecified atom stereocenters. The number of rotatable bonds is 12. The number of fused-ring (bicyclic) bond motifs is 1. The van der Waals surface area contributed by atoms with Crippen LogP contribution in [-0.2, 0) is 24.3 Å². The van der Waals surface area contributed by atoms with Gasteiger partial charge in [-0.25, -0.2) is 12.8 Å². The van der Waals surface area contributed by atoms with Crippen molar-refractivity contribution in [1.29, 1.82) is 0 Å². The molecule has 10 heteroatoms. The topological polar surface area (TPSA) is 94.2 Å². The number of anilines is 2. The maximum Gasteiger partial charge on any atom is 0.307 e. The van der Waals surface area contributed by atoms with E-state index in [0.717, 1.165) is 17.1 Å². The molecule has 0 saturated heterocycles. The summed E-state index contributed by atoms with van der Waals surface area (Å²) in [7, 11) is -1.31. The lowest BCUT2D eigenvalue weighted by molar-refractivity contribution is -0.140. The molecule has 3 aromatic rings. The number of sulfonamides is 1. The number of methoxy groups -OCH3 is 2. The fourth-order valence-electron chi connectivity index (χ4n) is 3.84. The number of carbonyl (C=O) groups is 1. The normalized spacial score (nSPS) is 12.0. The maximum absolute atomic E-state index is 14.5. The average Bonchev–Trinajstić information content (AvgIpc) is 2.88. The zero-order chi connectivity index (χ0) is 27.0. The van der Waals surface area contributed by atoms with Crippen molar-refractivity contribution in [3.05, 3.63) is 60.4 Å². The zero-order valence-electron chi connectivity index (χ0n) is 20.9. The van der Waals surface area contributed by atoms with Crippen LogP contribution in [-0.4, -0.2) is 54.4 Å². The van der Waals surface area contributed by atoms with Crippen LogP contribution in [0.15, 0.2) is 59.5 Å². The number of esters is 1. The smallest absolute Gasteiger partial charge is 0.307 e. The summed E-state index contributed by atoms with van der Waals surface area (Å²) in [6.07, 6.45) is 5.72. The highest BCUT2D eigenvalue weighted by atomic mass is 32.2. The van der Waals surface area contributed by atoms with Gasteiger partial charge in [0.05, 0.1) is 37.3 Å². The second kappa shape index (κ2) is 12.4. The van der Waals surface area contributed by atoms with Gasteiger partial charge in [0.25, 0.3) is 10.0 Å². The largest absolute Gasteiger partial charge is 0.488 e. The molecule has 196 valence electrons. The number of halogens is 1. The van der Waals surface area contributed by atoms with Crippen molar-refractivity contribution in [1.82, 2.24) is 0 Å². The molecular formula is C27H29FN2O6S. The molecule has 37 heavy (non-hydrogen) atoms. The first-order valence-electron chi connectivity index (χ1n) is 11.4. The molecule has 3 rings (SSSR count). The zero-order valence-corrected chi connectivity index (χ0v) is 21.7. The first-order chi connectivity index (χ1) is 17.7. The van der Waals surface area contributed by atoms with Gasteiger partial charge in [-0.1, -0.05) is 30.2 Å². The molecule has 0 bridgehead atoms. The van der Waals surface area contributed by atoms with E-state index in [1.807, 2.05) is 24.0 Å². The monoisotopic (exact) mass is 528 g/mol. The minimum Gasteiger partial charge on any atom is -0.488 e. The van der Waals surface area contributed by atoms with Gasteiger partial charge in [0.1, 0.15) is 6.61 Å². The van der Waals surface area contributed by atoms with Gasteiger partial charge < -0.3 is 19.1 Å². The first kappa shape index (κ1) is 27.8. The first-order valence-corrected chi connectivity index (χ1v) is 12.9. The number of hydrogen-bond acceptors (Lipinski definition) is 7. The highest BCUT2D eigenvalue weighted by Gasteiger charge is 2.22. The van der Waals surface area contributed by atoms with Crippen LogP contribution in [0.3, 0.4) is 0 Å². The molecule has 1 N–H and O–H groups in total. The molecule has 0 saturated carbocycles. The van der Waals surface area contributed by atoms with E-state index in [1.54, 1.807) is 24.3 Å². The van der Waals surface area contributed by atoms with Crippen molar-refractivity contribution in [2.24, 2.45) is 0 Å². The Bertz CT molecular complexity index is 1400. The molecule has 0 fully saturated rings. The third-order valence-electron chi connectivity index (χ3n) is 5.70. The number of ether oxygens (including phenoxy) is 3. The van der Waals surface area contributed by atoms with Crippen molar-refractivity contribution in [2.75, 3.05) is 43.6 Å². The van der Waals surface area contributed by atoms with Crippen LogP contribution in [0.5, 0.6) is 5.75 Å². The lowest BCUT2D eigenvalue weighted by Gasteiger charge is -2.30. The highest BCUT2D eigenvalue weighted by molar-refractivity contribution is 7.92. The Morgan fingerprint density at radius 2 is 1.84 bits per heavy atom. The van der Waals surface area contributed by atoms with E-state index in [2.05, 4.69) is 10.6 Å². The number of nitrogens with zero attached hydrogens (tertiary/aromatic N) is 1. The van der Waals surface area contributed by atoms with E-state index < -0.39 is 15.8 Å². The summed E-state index contributed by atoms with van der Waals surface area (Å²) in [5.41, 5.74) is 1.04. The van der Waals surface area contributed by atoms with E-state index in [-0.39, 0.29) is 48.8 Å². The predicted molar refractivity (Wildman–Crippen MR) is 141 cm³/mol. The maximum atomic E-state index is 14.5. The van der Waals surface area contributed by atoms with Crippen LogP contribution in [0.1, 0.15) is 13.3 Å². The minimum absolute atomic E-state index is 0.0690. The molecule has 3 aromatic carbocycles. The molecule has 0 amide bonds. The van der Waals surface area contributed by atoms with E-state index in [9.17, 15) is 17.6 Å². The Balaban J connectivity index is 1.95. The second-order valence-corrected chi connectivity index (χ2v) is 9.86. The molecule has 0 aliphatic carbocycles. The van der Waals surface area contributed by atoms with Crippen LogP contribution < -0.4 is 14.4 Å². The van der Waals surface area contributed by atoms with Gasteiger partial charge in [0.15, 0.2) is 11.6 Å². The fraction of sp³-hybridized carbons (Fsp3) is 0.296. The molecule has 8 nitrogen and oxygen atoms in total. The van der Waals surface area contributed by atoms with Crippen molar-refractivity contribution in [3.8, 4) is 18.1 Å². The quantitative estimate of drug-likeness (QED) is 0.214. The lowest BCUT2D eigenvalue weighted by atomic mass is 10.0. The molecular weight excluding hydrogens is 499 g/mol. The SMILES string of the molecule is C#CCN(c1ccc(NS(=O)(=O)c2ccc(OCCOC)c(F)c2)c2ccccc12)[C@@H](C)CC(=O)OC. The highest BCUT2D eigenvalue weighted by Crippen LogP contribution is 2.35. The Morgan fingerprint density at radius 3 is 2.49 bits per heavy atom. The van der Waals surface area contributed by atoms with E-state index in [0.29, 0.717) is 11.1 Å². The summed E-state index contributed by atoms with van der Waals surface area (Å²) in [5, 5.41) is 1.33. The molecule has 0 heterocycles. The van der Waals surface area contributed by atoms with Gasteiger partial charge in [0.2, 0.25) is 0 Å². The van der Waals surface area contributed by atoms with Crippen LogP contribution in [0.4, 0.5) is 15.8 Å². The Kier molecular flexibility index (Phi) is 9.33. The molecule has 1 atom stereocenters. The number of hydrogen-bond donors (Lipinski definition) is 1. The van der Waals surface area contributed by atoms with Gasteiger partial charge >= 0.3 is 5.97 Å². The van der Waals surface area contributed by atoms with E-state index in [1.165, 1.54) is 26.4 Å². The summed E-state index contributed by atoms with van der Waals surface area (Å²) in [4.78, 5) is 13.5. The van der Waals surface area contributed by atoms with Crippen molar-refractivity contribution < 1.29 is 31.8 Å². The molecule has 0 aliphatic heterocycles. The van der Waals surface area contributed by atoms with Gasteiger partial charge in [-0.3, -0.25) is 9.52 Å². The van der Waals surface area contributed by atoms with E-state index in [4.69, 9.17) is 20.6 Å². The molecule has 0 aromatic heterocycles. The standard InChI is InChI=1S/C27H29FN2O6S/c1-5-14-30(19(2)17-27(31)35-4)25-12-11-24(21-8-6-7-9-22(21)25)29-37(32,33)20-10-13-26(23(28)18-20)36-16-15-34-3/h1,6-13,18-19,29H,14-17H2,2-4H3/t19-/m0/s1. The fourth-order valence-corrected chi connectivity index (χ4v) is 4.93. The summed E-state index contributed by atoms with van der Waals surface area (Å²) < 4.78 is 58.2. The van der Waals surface area contributed by atoms with Crippen LogP contribution in [0, 0.1) is 18.2 Å². The molecule has 0 spiro atoms. The number of nitrogens with one attached hydrogen (secondary N) is 1. The van der Waals surface area contributed by atoms with E-state index >= 15 is 0 Å². The lowest BCUT2D eigenvalue weighted by Crippen LogP contribution is -2.35. The Labute approximate surface area is 216 Å². The van der Waals surface area contributed by atoms with Gasteiger partial charge in [0, 0.05) is 29.6 Å². The summed E-state index contributed by atoms with van der Waals surface area (Å²) in [5.74, 6) is 1.37. The van der Waals surface area contributed by atoms with Crippen LogP contribution in [0.25, 0.3) is 10.8 Å². The Hall–Kier alpha value is -3.81. The van der Waals surface area contributed by atoms with Gasteiger partial charge in [-0.05, 0) is 37.3 Å². The van der Waals surface area contributed by atoms with Crippen LogP contribution in [0.2, 0.25) is 0 Å². The average molecular weight is 529 g/mol. The third kappa shape index (κ3) is 6.70. The predicted octanol–water partition coefficient (Wildman–Crippen LogP) is 4.20. The minimum atomic E-state index is -4.13. The third-order valence-corrected chi connectivity index (χ3v) is 7.06. The van der Waals surface area contributed by atoms with Crippen molar-refractivity contribution >= 4 is 38.1 Å². The van der Waals surface area contributed by atoms with Gasteiger partial charge in [-0.2, -0.15) is 0 Å². The Morgan fingerprint density at radius 1 is 1.11 bits per heavy atom. The van der Waals surface area contributed by atoms with Gasteiger partial charge in [-0.15, -0.1) is 6.42 Å². The number of benzene rings is 3. The summed E-state index contributed by atoms with van der Waals surface area (Å²) >= 11 is 0. The second-order valence-electron chi connectivity index (χ2n) is 8.18. The number of carbonyl (C=O) groups excluding carboxylic acids is 1.